The van der Waals surface area contributed by atoms with Crippen LogP contribution in [0.25, 0.3) is 0 Å². The van der Waals surface area contributed by atoms with E-state index in [9.17, 15) is 14.9 Å². The Bertz CT molecular complexity index is 740. The van der Waals surface area contributed by atoms with E-state index >= 15 is 0 Å². The van der Waals surface area contributed by atoms with Crippen molar-refractivity contribution in [3.05, 3.63) is 68.7 Å². The van der Waals surface area contributed by atoms with Crippen molar-refractivity contribution in [2.75, 3.05) is 25.6 Å². The maximum atomic E-state index is 12.7. The molecular weight excluding hydrogens is 390 g/mol. The fourth-order valence-electron chi connectivity index (χ4n) is 2.24. The van der Waals surface area contributed by atoms with Gasteiger partial charge in [-0.15, -0.1) is 0 Å². The van der Waals surface area contributed by atoms with Gasteiger partial charge in [0.25, 0.3) is 5.69 Å². The maximum absolute atomic E-state index is 12.7. The Balaban J connectivity index is 2.17. The summed E-state index contributed by atoms with van der Waals surface area (Å²) < 4.78 is 5.46. The van der Waals surface area contributed by atoms with Crippen molar-refractivity contribution >= 4 is 33.2 Å². The molecule has 0 aromatic heterocycles. The molecule has 2 rings (SSSR count). The second-order valence-electron chi connectivity index (χ2n) is 5.20. The number of nitro groups is 1. The number of rotatable bonds is 8. The molecule has 1 amide bonds. The number of amides is 1. The number of ether oxygens (including phenoxy) is 1. The molecular formula is C17H18BrN3O4. The minimum atomic E-state index is -0.571. The fourth-order valence-corrected chi connectivity index (χ4v) is 2.70. The van der Waals surface area contributed by atoms with Crippen LogP contribution < -0.4 is 10.6 Å². The number of hydrogen-bond acceptors (Lipinski definition) is 5. The molecule has 0 saturated heterocycles. The highest BCUT2D eigenvalue weighted by molar-refractivity contribution is 9.10. The Morgan fingerprint density at radius 1 is 1.28 bits per heavy atom. The van der Waals surface area contributed by atoms with Crippen LogP contribution in [0.3, 0.4) is 0 Å². The lowest BCUT2D eigenvalue weighted by Gasteiger charge is -2.19. The van der Waals surface area contributed by atoms with E-state index in [0.29, 0.717) is 23.3 Å². The van der Waals surface area contributed by atoms with Crippen LogP contribution in [0.4, 0.5) is 11.4 Å². The number of nitro benzene ring substituents is 1. The molecule has 0 saturated carbocycles. The summed E-state index contributed by atoms with van der Waals surface area (Å²) in [5.74, 6) is -0.267. The molecule has 0 fully saturated rings. The highest BCUT2D eigenvalue weighted by Gasteiger charge is 2.21. The van der Waals surface area contributed by atoms with Crippen LogP contribution >= 0.6 is 15.9 Å². The molecule has 0 radical (unpaired) electrons. The molecule has 0 aliphatic carbocycles. The second kappa shape index (κ2) is 9.26. The molecule has 2 aromatic carbocycles. The lowest BCUT2D eigenvalue weighted by molar-refractivity contribution is -0.384. The van der Waals surface area contributed by atoms with E-state index in [4.69, 9.17) is 4.74 Å². The number of hydrogen-bond donors (Lipinski definition) is 2. The number of anilines is 1. The normalized spacial score (nSPS) is 11.8. The van der Waals surface area contributed by atoms with Gasteiger partial charge in [0.2, 0.25) is 5.91 Å². The van der Waals surface area contributed by atoms with E-state index in [1.165, 1.54) is 18.2 Å². The topological polar surface area (TPSA) is 93.5 Å². The molecule has 0 unspecified atom stereocenters. The van der Waals surface area contributed by atoms with Crippen molar-refractivity contribution in [3.63, 3.8) is 0 Å². The number of benzene rings is 2. The molecule has 8 heteroatoms. The van der Waals surface area contributed by atoms with Gasteiger partial charge < -0.3 is 10.1 Å². The summed E-state index contributed by atoms with van der Waals surface area (Å²) >= 11 is 3.25. The third kappa shape index (κ3) is 5.35. The quantitative estimate of drug-likeness (QED) is 0.397. The molecule has 25 heavy (non-hydrogen) atoms. The molecule has 2 aromatic rings. The first-order valence-corrected chi connectivity index (χ1v) is 8.34. The van der Waals surface area contributed by atoms with Gasteiger partial charge in [0, 0.05) is 30.3 Å². The Hall–Kier alpha value is -2.29. The third-order valence-electron chi connectivity index (χ3n) is 3.47. The largest absolute Gasteiger partial charge is 0.383 e. The molecule has 0 aliphatic heterocycles. The van der Waals surface area contributed by atoms with Gasteiger partial charge in [-0.2, -0.15) is 0 Å². The zero-order valence-electron chi connectivity index (χ0n) is 13.6. The first-order chi connectivity index (χ1) is 12.0. The average molecular weight is 408 g/mol. The predicted molar refractivity (Wildman–Crippen MR) is 98.5 cm³/mol. The number of non-ortho nitro benzene ring substituents is 1. The van der Waals surface area contributed by atoms with Crippen molar-refractivity contribution in [3.8, 4) is 0 Å². The smallest absolute Gasteiger partial charge is 0.270 e. The van der Waals surface area contributed by atoms with Gasteiger partial charge in [-0.3, -0.25) is 20.2 Å². The summed E-state index contributed by atoms with van der Waals surface area (Å²) in [7, 11) is 1.59. The summed E-state index contributed by atoms with van der Waals surface area (Å²) in [5, 5.41) is 16.7. The lowest BCUT2D eigenvalue weighted by atomic mass is 10.1. The molecule has 132 valence electrons. The van der Waals surface area contributed by atoms with Gasteiger partial charge in [-0.05, 0) is 27.6 Å². The van der Waals surface area contributed by atoms with Crippen molar-refractivity contribution in [1.82, 2.24) is 5.32 Å². The molecule has 0 bridgehead atoms. The van der Waals surface area contributed by atoms with Crippen molar-refractivity contribution in [2.45, 2.75) is 6.04 Å². The molecule has 0 aliphatic rings. The van der Waals surface area contributed by atoms with Crippen molar-refractivity contribution in [2.24, 2.45) is 0 Å². The number of halogens is 1. The summed E-state index contributed by atoms with van der Waals surface area (Å²) in [6, 6.07) is 12.9. The monoisotopic (exact) mass is 407 g/mol. The molecule has 7 nitrogen and oxygen atoms in total. The summed E-state index contributed by atoms with van der Waals surface area (Å²) in [5.41, 5.74) is 1.22. The minimum Gasteiger partial charge on any atom is -0.383 e. The zero-order chi connectivity index (χ0) is 18.2. The van der Waals surface area contributed by atoms with E-state index in [-0.39, 0.29) is 11.6 Å². The van der Waals surface area contributed by atoms with Gasteiger partial charge in [-0.1, -0.05) is 30.3 Å². The zero-order valence-corrected chi connectivity index (χ0v) is 15.2. The van der Waals surface area contributed by atoms with E-state index < -0.39 is 11.0 Å². The summed E-state index contributed by atoms with van der Waals surface area (Å²) in [6.07, 6.45) is 0. The molecule has 1 atom stereocenters. The van der Waals surface area contributed by atoms with Crippen LogP contribution in [-0.2, 0) is 9.53 Å². The van der Waals surface area contributed by atoms with Gasteiger partial charge in [-0.25, -0.2) is 0 Å². The lowest BCUT2D eigenvalue weighted by Crippen LogP contribution is -2.34. The summed E-state index contributed by atoms with van der Waals surface area (Å²) in [4.78, 5) is 23.0. The first kappa shape index (κ1) is 19.0. The Kier molecular flexibility index (Phi) is 7.05. The molecule has 0 spiro atoms. The van der Waals surface area contributed by atoms with Crippen LogP contribution in [0.5, 0.6) is 0 Å². The van der Waals surface area contributed by atoms with Crippen LogP contribution in [0.1, 0.15) is 11.6 Å². The van der Waals surface area contributed by atoms with E-state index in [0.717, 1.165) is 5.56 Å². The number of carbonyl (C=O) groups excluding carboxylic acids is 1. The van der Waals surface area contributed by atoms with E-state index in [2.05, 4.69) is 26.6 Å². The standard InChI is InChI=1S/C17H18BrN3O4/c1-25-10-9-19-16(12-5-3-2-4-6-12)17(22)20-15-8-7-13(21(23)24)11-14(15)18/h2-8,11,16,19H,9-10H2,1H3,(H,20,22)/t16-/m0/s1. The molecule has 0 heterocycles. The Morgan fingerprint density at radius 3 is 2.60 bits per heavy atom. The number of methoxy groups -OCH3 is 1. The van der Waals surface area contributed by atoms with Crippen LogP contribution in [0, 0.1) is 10.1 Å². The predicted octanol–water partition coefficient (Wildman–Crippen LogP) is 3.27. The number of nitrogens with zero attached hydrogens (tertiary/aromatic N) is 1. The summed E-state index contributed by atoms with van der Waals surface area (Å²) in [6.45, 7) is 0.975. The molecule has 2 N–H and O–H groups in total. The third-order valence-corrected chi connectivity index (χ3v) is 4.13. The SMILES string of the molecule is COCCN[C@H](C(=O)Nc1ccc([N+](=O)[O-])cc1Br)c1ccccc1. The first-order valence-electron chi connectivity index (χ1n) is 7.55. The van der Waals surface area contributed by atoms with Crippen LogP contribution in [0.2, 0.25) is 0 Å². The van der Waals surface area contributed by atoms with E-state index in [1.807, 2.05) is 30.3 Å². The maximum Gasteiger partial charge on any atom is 0.270 e. The van der Waals surface area contributed by atoms with Gasteiger partial charge >= 0.3 is 0 Å². The van der Waals surface area contributed by atoms with Crippen LogP contribution in [0.15, 0.2) is 53.0 Å². The second-order valence-corrected chi connectivity index (χ2v) is 6.06. The van der Waals surface area contributed by atoms with Crippen LogP contribution in [-0.4, -0.2) is 31.1 Å². The Morgan fingerprint density at radius 2 is 2.00 bits per heavy atom. The van der Waals surface area contributed by atoms with Crippen molar-refractivity contribution < 1.29 is 14.5 Å². The van der Waals surface area contributed by atoms with Gasteiger partial charge in [0.15, 0.2) is 0 Å². The highest BCUT2D eigenvalue weighted by Crippen LogP contribution is 2.28. The number of nitrogens with one attached hydrogen (secondary N) is 2. The van der Waals surface area contributed by atoms with Crippen molar-refractivity contribution in [1.29, 1.82) is 0 Å². The average Bonchev–Trinajstić information content (AvgIpc) is 2.61. The number of carbonyl (C=O) groups is 1. The van der Waals surface area contributed by atoms with E-state index in [1.54, 1.807) is 7.11 Å². The minimum absolute atomic E-state index is 0.0531. The highest BCUT2D eigenvalue weighted by atomic mass is 79.9. The Labute approximate surface area is 153 Å². The van der Waals surface area contributed by atoms with Gasteiger partial charge in [0.05, 0.1) is 17.2 Å². The fraction of sp³-hybridized carbons (Fsp3) is 0.235. The van der Waals surface area contributed by atoms with Gasteiger partial charge in [0.1, 0.15) is 6.04 Å².